The van der Waals surface area contributed by atoms with Crippen LogP contribution in [-0.2, 0) is 0 Å². The van der Waals surface area contributed by atoms with Gasteiger partial charge in [0.2, 0.25) is 0 Å². The van der Waals surface area contributed by atoms with Crippen LogP contribution in [0.4, 0.5) is 5.69 Å². The Bertz CT molecular complexity index is 452. The van der Waals surface area contributed by atoms with E-state index in [9.17, 15) is 4.79 Å². The molecule has 0 spiro atoms. The molecule has 0 aliphatic rings. The van der Waals surface area contributed by atoms with E-state index in [1.165, 1.54) is 0 Å². The Balaban J connectivity index is 3.08. The third-order valence-corrected chi connectivity index (χ3v) is 4.04. The zero-order chi connectivity index (χ0) is 14.1. The second-order valence-corrected chi connectivity index (χ2v) is 6.48. The molecule has 0 fully saturated rings. The highest BCUT2D eigenvalue weighted by atomic mass is 79.9. The first-order chi connectivity index (χ1) is 8.14. The molecule has 0 bridgehead atoms. The number of carboxylic acid groups (broad SMARTS) is 1. The number of hydrogen-bond acceptors (Lipinski definition) is 2. The maximum absolute atomic E-state index is 10.9. The summed E-state index contributed by atoms with van der Waals surface area (Å²) in [5, 5.41) is 8.94. The number of hydrogen-bond donors (Lipinski definition) is 1. The van der Waals surface area contributed by atoms with Crippen LogP contribution in [0.3, 0.4) is 0 Å². The molecule has 0 aromatic heterocycles. The lowest BCUT2D eigenvalue weighted by Crippen LogP contribution is -2.39. The second kappa shape index (κ2) is 5.31. The van der Waals surface area contributed by atoms with Crippen LogP contribution < -0.4 is 4.90 Å². The summed E-state index contributed by atoms with van der Waals surface area (Å²) in [4.78, 5) is 13.1. The number of nitrogens with zero attached hydrogens (tertiary/aromatic N) is 1. The average molecular weight is 314 g/mol. The van der Waals surface area contributed by atoms with E-state index in [4.69, 9.17) is 5.11 Å². The minimum atomic E-state index is -0.909. The van der Waals surface area contributed by atoms with Gasteiger partial charge in [0.05, 0.1) is 11.3 Å². The first kappa shape index (κ1) is 15.0. The number of aromatic carboxylic acids is 1. The zero-order valence-electron chi connectivity index (χ0n) is 11.5. The van der Waals surface area contributed by atoms with Crippen molar-refractivity contribution < 1.29 is 9.90 Å². The van der Waals surface area contributed by atoms with Crippen LogP contribution in [0.25, 0.3) is 0 Å². The van der Waals surface area contributed by atoms with Gasteiger partial charge < -0.3 is 10.0 Å². The van der Waals surface area contributed by atoms with Gasteiger partial charge in [0.15, 0.2) is 0 Å². The molecule has 0 aliphatic carbocycles. The fourth-order valence-corrected chi connectivity index (χ4v) is 2.37. The number of anilines is 1. The van der Waals surface area contributed by atoms with E-state index in [1.54, 1.807) is 12.1 Å². The molecule has 1 unspecified atom stereocenters. The molecular weight excluding hydrogens is 294 g/mol. The van der Waals surface area contributed by atoms with E-state index in [0.29, 0.717) is 11.6 Å². The maximum atomic E-state index is 10.9. The summed E-state index contributed by atoms with van der Waals surface area (Å²) in [7, 11) is 2.02. The molecule has 18 heavy (non-hydrogen) atoms. The molecule has 0 amide bonds. The summed E-state index contributed by atoms with van der Waals surface area (Å²) in [6.07, 6.45) is 0. The SMILES string of the molecule is CC(N(C)c1ccc(C(=O)O)cc1Br)C(C)(C)C. The van der Waals surface area contributed by atoms with Crippen molar-refractivity contribution in [3.8, 4) is 0 Å². The third kappa shape index (κ3) is 3.25. The van der Waals surface area contributed by atoms with Gasteiger partial charge >= 0.3 is 5.97 Å². The second-order valence-electron chi connectivity index (χ2n) is 5.62. The Kier molecular flexibility index (Phi) is 4.43. The van der Waals surface area contributed by atoms with Gasteiger partial charge in [-0.25, -0.2) is 4.79 Å². The smallest absolute Gasteiger partial charge is 0.335 e. The largest absolute Gasteiger partial charge is 0.478 e. The average Bonchev–Trinajstić information content (AvgIpc) is 2.25. The number of carboxylic acids is 1. The molecule has 3 nitrogen and oxygen atoms in total. The molecule has 0 heterocycles. The van der Waals surface area contributed by atoms with Crippen LogP contribution in [0.1, 0.15) is 38.1 Å². The molecule has 1 rings (SSSR count). The van der Waals surface area contributed by atoms with Crippen molar-refractivity contribution in [2.45, 2.75) is 33.7 Å². The molecule has 1 N–H and O–H groups in total. The van der Waals surface area contributed by atoms with E-state index < -0.39 is 5.97 Å². The lowest BCUT2D eigenvalue weighted by Gasteiger charge is -2.37. The fraction of sp³-hybridized carbons (Fsp3) is 0.500. The third-order valence-electron chi connectivity index (χ3n) is 3.41. The summed E-state index contributed by atoms with van der Waals surface area (Å²) in [6.45, 7) is 8.73. The van der Waals surface area contributed by atoms with Crippen molar-refractivity contribution in [2.75, 3.05) is 11.9 Å². The van der Waals surface area contributed by atoms with Gasteiger partial charge in [0.1, 0.15) is 0 Å². The van der Waals surface area contributed by atoms with Crippen molar-refractivity contribution in [1.82, 2.24) is 0 Å². The van der Waals surface area contributed by atoms with E-state index in [-0.39, 0.29) is 5.41 Å². The molecule has 1 atom stereocenters. The summed E-state index contributed by atoms with van der Waals surface area (Å²) < 4.78 is 0.806. The Hall–Kier alpha value is -1.03. The van der Waals surface area contributed by atoms with Gasteiger partial charge in [0, 0.05) is 17.6 Å². The Morgan fingerprint density at radius 3 is 2.33 bits per heavy atom. The molecule has 4 heteroatoms. The van der Waals surface area contributed by atoms with Gasteiger partial charge in [-0.3, -0.25) is 0 Å². The maximum Gasteiger partial charge on any atom is 0.335 e. The number of carbonyl (C=O) groups is 1. The minimum Gasteiger partial charge on any atom is -0.478 e. The zero-order valence-corrected chi connectivity index (χ0v) is 13.1. The van der Waals surface area contributed by atoms with E-state index in [1.807, 2.05) is 13.1 Å². The van der Waals surface area contributed by atoms with Crippen LogP contribution in [0.2, 0.25) is 0 Å². The minimum absolute atomic E-state index is 0.152. The normalized spacial score (nSPS) is 13.2. The van der Waals surface area contributed by atoms with E-state index >= 15 is 0 Å². The van der Waals surface area contributed by atoms with Crippen molar-refractivity contribution in [2.24, 2.45) is 5.41 Å². The van der Waals surface area contributed by atoms with Crippen molar-refractivity contribution in [3.63, 3.8) is 0 Å². The quantitative estimate of drug-likeness (QED) is 0.916. The van der Waals surface area contributed by atoms with Gasteiger partial charge in [-0.2, -0.15) is 0 Å². The topological polar surface area (TPSA) is 40.5 Å². The molecule has 0 aliphatic heterocycles. The highest BCUT2D eigenvalue weighted by molar-refractivity contribution is 9.10. The molecule has 1 aromatic carbocycles. The van der Waals surface area contributed by atoms with E-state index in [0.717, 1.165) is 10.2 Å². The van der Waals surface area contributed by atoms with Gasteiger partial charge in [0.25, 0.3) is 0 Å². The Morgan fingerprint density at radius 1 is 1.39 bits per heavy atom. The van der Waals surface area contributed by atoms with Crippen molar-refractivity contribution in [1.29, 1.82) is 0 Å². The molecule has 1 aromatic rings. The Labute approximate surface area is 117 Å². The fourth-order valence-electron chi connectivity index (χ4n) is 1.72. The lowest BCUT2D eigenvalue weighted by molar-refractivity contribution is 0.0697. The highest BCUT2D eigenvalue weighted by Gasteiger charge is 2.25. The molecule has 0 saturated heterocycles. The first-order valence-electron chi connectivity index (χ1n) is 5.90. The van der Waals surface area contributed by atoms with Crippen molar-refractivity contribution in [3.05, 3.63) is 28.2 Å². The lowest BCUT2D eigenvalue weighted by atomic mass is 9.87. The summed E-state index contributed by atoms with van der Waals surface area (Å²) in [5.41, 5.74) is 1.45. The Morgan fingerprint density at radius 2 is 1.94 bits per heavy atom. The van der Waals surface area contributed by atoms with Crippen LogP contribution in [-0.4, -0.2) is 24.2 Å². The van der Waals surface area contributed by atoms with Crippen molar-refractivity contribution >= 4 is 27.6 Å². The molecular formula is C14H20BrNO2. The summed E-state index contributed by atoms with van der Waals surface area (Å²) in [5.74, 6) is -0.909. The molecule has 0 saturated carbocycles. The standard InChI is InChI=1S/C14H20BrNO2/c1-9(14(2,3)4)16(5)12-7-6-10(13(17)18)8-11(12)15/h6-9H,1-5H3,(H,17,18). The van der Waals surface area contributed by atoms with Gasteiger partial charge in [-0.05, 0) is 46.5 Å². The molecule has 0 radical (unpaired) electrons. The number of rotatable bonds is 3. The predicted molar refractivity (Wildman–Crippen MR) is 78.4 cm³/mol. The summed E-state index contributed by atoms with van der Waals surface area (Å²) >= 11 is 3.45. The van der Waals surface area contributed by atoms with Crippen LogP contribution in [0.5, 0.6) is 0 Å². The number of halogens is 1. The monoisotopic (exact) mass is 313 g/mol. The summed E-state index contributed by atoms with van der Waals surface area (Å²) in [6, 6.07) is 5.46. The van der Waals surface area contributed by atoms with Crippen LogP contribution >= 0.6 is 15.9 Å². The predicted octanol–water partition coefficient (Wildman–Crippen LogP) is 4.02. The van der Waals surface area contributed by atoms with Crippen LogP contribution in [0.15, 0.2) is 22.7 Å². The van der Waals surface area contributed by atoms with Gasteiger partial charge in [-0.1, -0.05) is 20.8 Å². The van der Waals surface area contributed by atoms with Crippen LogP contribution in [0, 0.1) is 5.41 Å². The highest BCUT2D eigenvalue weighted by Crippen LogP contribution is 2.32. The van der Waals surface area contributed by atoms with E-state index in [2.05, 4.69) is 48.5 Å². The van der Waals surface area contributed by atoms with Gasteiger partial charge in [-0.15, -0.1) is 0 Å². The first-order valence-corrected chi connectivity index (χ1v) is 6.69. The molecule has 100 valence electrons. The number of benzene rings is 1.